The maximum atomic E-state index is 6.62. The van der Waals surface area contributed by atoms with Crippen molar-refractivity contribution in [2.24, 2.45) is 0 Å². The summed E-state index contributed by atoms with van der Waals surface area (Å²) in [5.41, 5.74) is 4.48. The van der Waals surface area contributed by atoms with E-state index in [-0.39, 0.29) is 0 Å². The normalized spacial score (nSPS) is 11.2. The molecule has 2 aromatic heterocycles. The fourth-order valence-corrected chi connectivity index (χ4v) is 4.08. The molecule has 2 heterocycles. The molecule has 0 aliphatic heterocycles. The number of aromatic nitrogens is 3. The van der Waals surface area contributed by atoms with Crippen molar-refractivity contribution >= 4 is 23.1 Å². The summed E-state index contributed by atoms with van der Waals surface area (Å²) in [6, 6.07) is 3.92. The van der Waals surface area contributed by atoms with Gasteiger partial charge >= 0.3 is 0 Å². The van der Waals surface area contributed by atoms with Crippen molar-refractivity contribution in [2.45, 2.75) is 47.0 Å². The lowest BCUT2D eigenvalue weighted by molar-refractivity contribution is 0.416. The van der Waals surface area contributed by atoms with Crippen LogP contribution in [0.1, 0.15) is 44.9 Å². The van der Waals surface area contributed by atoms with Gasteiger partial charge in [0, 0.05) is 25.5 Å². The molecule has 0 unspecified atom stereocenters. The second kappa shape index (κ2) is 8.82. The number of ether oxygens (including phenoxy) is 1. The van der Waals surface area contributed by atoms with Gasteiger partial charge in [-0.3, -0.25) is 9.38 Å². The van der Waals surface area contributed by atoms with Gasteiger partial charge in [-0.25, -0.2) is 4.98 Å². The Balaban J connectivity index is 2.29. The summed E-state index contributed by atoms with van der Waals surface area (Å²) in [5.74, 6) is 1.87. The average Bonchev–Trinajstić information content (AvgIpc) is 3.06. The van der Waals surface area contributed by atoms with Crippen molar-refractivity contribution in [3.8, 4) is 17.0 Å². The van der Waals surface area contributed by atoms with E-state index >= 15 is 0 Å². The summed E-state index contributed by atoms with van der Waals surface area (Å²) in [7, 11) is 1.66. The summed E-state index contributed by atoms with van der Waals surface area (Å²) < 4.78 is 7.78. The molecule has 0 saturated heterocycles. The predicted octanol–water partition coefficient (Wildman–Crippen LogP) is 5.56. The lowest BCUT2D eigenvalue weighted by Gasteiger charge is -2.24. The molecular weight excluding hydrogens is 372 g/mol. The Bertz CT molecular complexity index is 961. The number of benzene rings is 1. The summed E-state index contributed by atoms with van der Waals surface area (Å²) in [5, 5.41) is 0.624. The molecule has 0 fully saturated rings. The van der Waals surface area contributed by atoms with Crippen molar-refractivity contribution < 1.29 is 4.74 Å². The van der Waals surface area contributed by atoms with Gasteiger partial charge in [0.1, 0.15) is 17.3 Å². The number of halogens is 1. The van der Waals surface area contributed by atoms with Crippen LogP contribution in [-0.2, 0) is 6.42 Å². The number of imidazole rings is 1. The Kier molecular flexibility index (Phi) is 6.45. The number of anilines is 1. The minimum absolute atomic E-state index is 0.624. The van der Waals surface area contributed by atoms with Crippen LogP contribution in [0, 0.1) is 6.92 Å². The van der Waals surface area contributed by atoms with E-state index < -0.39 is 0 Å². The third-order valence-electron chi connectivity index (χ3n) is 4.86. The van der Waals surface area contributed by atoms with E-state index in [1.807, 2.05) is 31.5 Å². The van der Waals surface area contributed by atoms with Crippen LogP contribution in [0.4, 0.5) is 5.82 Å². The number of hydrogen-bond donors (Lipinski definition) is 0. The molecule has 28 heavy (non-hydrogen) atoms. The molecule has 3 aromatic rings. The number of hydrogen-bond acceptors (Lipinski definition) is 4. The summed E-state index contributed by atoms with van der Waals surface area (Å²) in [6.07, 6.45) is 6.85. The first-order valence-corrected chi connectivity index (χ1v) is 10.4. The van der Waals surface area contributed by atoms with Gasteiger partial charge in [-0.05, 0) is 43.9 Å². The van der Waals surface area contributed by atoms with E-state index in [1.54, 1.807) is 7.11 Å². The van der Waals surface area contributed by atoms with Crippen molar-refractivity contribution in [1.29, 1.82) is 0 Å². The lowest BCUT2D eigenvalue weighted by Crippen LogP contribution is -2.27. The van der Waals surface area contributed by atoms with Crippen LogP contribution < -0.4 is 9.64 Å². The Morgan fingerprint density at radius 3 is 2.46 bits per heavy atom. The van der Waals surface area contributed by atoms with Gasteiger partial charge in [-0.15, -0.1) is 0 Å². The Hall–Kier alpha value is -2.27. The van der Waals surface area contributed by atoms with Crippen LogP contribution >= 0.6 is 11.6 Å². The fraction of sp³-hybridized carbons (Fsp3) is 0.455. The molecular formula is C22H29ClN4O. The molecule has 0 N–H and O–H groups in total. The maximum absolute atomic E-state index is 6.62. The zero-order valence-electron chi connectivity index (χ0n) is 17.4. The van der Waals surface area contributed by atoms with E-state index in [2.05, 4.69) is 35.1 Å². The molecule has 0 radical (unpaired) electrons. The molecule has 0 spiro atoms. The Morgan fingerprint density at radius 2 is 1.86 bits per heavy atom. The van der Waals surface area contributed by atoms with Crippen LogP contribution in [0.3, 0.4) is 0 Å². The third kappa shape index (κ3) is 3.68. The van der Waals surface area contributed by atoms with Crippen LogP contribution in [0.15, 0.2) is 24.5 Å². The molecule has 0 aliphatic carbocycles. The average molecular weight is 401 g/mol. The van der Waals surface area contributed by atoms with Crippen molar-refractivity contribution in [3.63, 3.8) is 0 Å². The molecule has 5 nitrogen and oxygen atoms in total. The minimum atomic E-state index is 0.624. The van der Waals surface area contributed by atoms with Gasteiger partial charge in [-0.1, -0.05) is 32.4 Å². The molecule has 6 heteroatoms. The second-order valence-electron chi connectivity index (χ2n) is 7.02. The number of nitrogens with zero attached hydrogens (tertiary/aromatic N) is 4. The molecule has 0 bridgehead atoms. The van der Waals surface area contributed by atoms with Gasteiger partial charge in [0.15, 0.2) is 5.65 Å². The van der Waals surface area contributed by atoms with Crippen LogP contribution in [-0.4, -0.2) is 34.6 Å². The topological polar surface area (TPSA) is 42.7 Å². The quantitative estimate of drug-likeness (QED) is 0.496. The van der Waals surface area contributed by atoms with Crippen LogP contribution in [0.2, 0.25) is 5.02 Å². The highest BCUT2D eigenvalue weighted by atomic mass is 35.5. The van der Waals surface area contributed by atoms with Gasteiger partial charge in [-0.2, -0.15) is 0 Å². The zero-order valence-corrected chi connectivity index (χ0v) is 18.2. The molecule has 3 rings (SSSR count). The molecule has 150 valence electrons. The SMILES string of the molecule is CCCN(CCC)c1c(CC)nc2c(-c3c(Cl)cc(C)cc3OC)nccn12. The van der Waals surface area contributed by atoms with E-state index in [9.17, 15) is 0 Å². The van der Waals surface area contributed by atoms with Gasteiger partial charge in [0.2, 0.25) is 0 Å². The van der Waals surface area contributed by atoms with E-state index in [0.717, 1.165) is 66.3 Å². The molecule has 0 saturated carbocycles. The van der Waals surface area contributed by atoms with Gasteiger partial charge in [0.05, 0.1) is 23.4 Å². The van der Waals surface area contributed by atoms with Crippen molar-refractivity contribution in [3.05, 3.63) is 40.8 Å². The molecule has 1 aromatic carbocycles. The Morgan fingerprint density at radius 1 is 1.14 bits per heavy atom. The summed E-state index contributed by atoms with van der Waals surface area (Å²) >= 11 is 6.62. The van der Waals surface area contributed by atoms with Crippen LogP contribution in [0.25, 0.3) is 16.9 Å². The highest BCUT2D eigenvalue weighted by Gasteiger charge is 2.22. The number of fused-ring (bicyclic) bond motifs is 1. The van der Waals surface area contributed by atoms with Crippen molar-refractivity contribution in [1.82, 2.24) is 14.4 Å². The minimum Gasteiger partial charge on any atom is -0.496 e. The van der Waals surface area contributed by atoms with Crippen molar-refractivity contribution in [2.75, 3.05) is 25.1 Å². The number of methoxy groups -OCH3 is 1. The van der Waals surface area contributed by atoms with Gasteiger partial charge in [0.25, 0.3) is 0 Å². The first-order chi connectivity index (χ1) is 13.5. The van der Waals surface area contributed by atoms with E-state index in [1.165, 1.54) is 0 Å². The number of aryl methyl sites for hydroxylation is 2. The largest absolute Gasteiger partial charge is 0.496 e. The first kappa shape index (κ1) is 20.5. The summed E-state index contributed by atoms with van der Waals surface area (Å²) in [6.45, 7) is 10.6. The lowest BCUT2D eigenvalue weighted by atomic mass is 10.1. The zero-order chi connectivity index (χ0) is 20.3. The molecule has 0 atom stereocenters. The van der Waals surface area contributed by atoms with E-state index in [4.69, 9.17) is 21.3 Å². The molecule has 0 amide bonds. The predicted molar refractivity (Wildman–Crippen MR) is 117 cm³/mol. The van der Waals surface area contributed by atoms with Gasteiger partial charge < -0.3 is 9.64 Å². The van der Waals surface area contributed by atoms with Crippen LogP contribution in [0.5, 0.6) is 5.75 Å². The smallest absolute Gasteiger partial charge is 0.165 e. The monoisotopic (exact) mass is 400 g/mol. The summed E-state index contributed by atoms with van der Waals surface area (Å²) in [4.78, 5) is 12.1. The fourth-order valence-electron chi connectivity index (χ4n) is 3.72. The molecule has 0 aliphatic rings. The van der Waals surface area contributed by atoms with E-state index in [0.29, 0.717) is 10.8 Å². The maximum Gasteiger partial charge on any atom is 0.165 e. The first-order valence-electron chi connectivity index (χ1n) is 10.0. The second-order valence-corrected chi connectivity index (χ2v) is 7.42. The standard InChI is InChI=1S/C22H29ClN4O/c1-6-10-26(11-7-2)22-17(8-3)25-21-20(24-9-12-27(21)22)19-16(23)13-15(4)14-18(19)28-5/h9,12-14H,6-8,10-11H2,1-5H3. The highest BCUT2D eigenvalue weighted by Crippen LogP contribution is 2.39. The number of rotatable bonds is 8. The third-order valence-corrected chi connectivity index (χ3v) is 5.16. The highest BCUT2D eigenvalue weighted by molar-refractivity contribution is 6.34. The Labute approximate surface area is 172 Å².